The molecule has 2 rings (SSSR count). The Morgan fingerprint density at radius 1 is 1.00 bits per heavy atom. The number of benzene rings is 2. The molecule has 0 aliphatic rings. The summed E-state index contributed by atoms with van der Waals surface area (Å²) in [5.74, 6) is 0. The minimum absolute atomic E-state index is 1.22. The van der Waals surface area contributed by atoms with E-state index in [0.29, 0.717) is 0 Å². The van der Waals surface area contributed by atoms with E-state index in [0.717, 1.165) is 0 Å². The summed E-state index contributed by atoms with van der Waals surface area (Å²) in [6.45, 7) is 2.10. The zero-order valence-electron chi connectivity index (χ0n) is 8.51. The third-order valence-electron chi connectivity index (χ3n) is 2.09. The fourth-order valence-corrected chi connectivity index (χ4v) is 1.32. The molecule has 0 fully saturated rings. The summed E-state index contributed by atoms with van der Waals surface area (Å²) in [4.78, 5) is 0. The Kier molecular flexibility index (Phi) is 4.95. The fourth-order valence-electron chi connectivity index (χ4n) is 1.32. The van der Waals surface area contributed by atoms with Crippen molar-refractivity contribution in [3.8, 4) is 11.1 Å². The minimum Gasteiger partial charge on any atom is -0.333 e. The Labute approximate surface area is 96.0 Å². The van der Waals surface area contributed by atoms with E-state index in [2.05, 4.69) is 56.2 Å². The van der Waals surface area contributed by atoms with E-state index in [4.69, 9.17) is 4.55 Å². The lowest BCUT2D eigenvalue weighted by Crippen LogP contribution is -1.76. The van der Waals surface area contributed by atoms with Crippen molar-refractivity contribution in [3.63, 3.8) is 0 Å². The molecule has 1 nitrogen and oxygen atoms in total. The first-order chi connectivity index (χ1) is 7.36. The van der Waals surface area contributed by atoms with Crippen molar-refractivity contribution in [2.75, 3.05) is 0 Å². The maximum Gasteiger partial charge on any atom is -0.0178 e. The highest BCUT2D eigenvalue weighted by atomic mass is 32.1. The Bertz CT molecular complexity index is 381. The van der Waals surface area contributed by atoms with Crippen molar-refractivity contribution >= 4 is 12.9 Å². The van der Waals surface area contributed by atoms with E-state index in [1.165, 1.54) is 16.7 Å². The molecule has 0 saturated carbocycles. The second-order valence-electron chi connectivity index (χ2n) is 3.16. The molecule has 0 aliphatic carbocycles. The first kappa shape index (κ1) is 11.8. The molecule has 0 amide bonds. The first-order valence-corrected chi connectivity index (χ1v) is 4.99. The predicted octanol–water partition coefficient (Wildman–Crippen LogP) is 3.85. The largest absolute Gasteiger partial charge is 0.333 e. The molecular weight excluding hydrogens is 204 g/mol. The third-order valence-corrected chi connectivity index (χ3v) is 2.09. The Balaban J connectivity index is 0.000000531. The van der Waals surface area contributed by atoms with Crippen LogP contribution in [0.25, 0.3) is 11.1 Å². The standard InChI is InChI=1S/C13H11.H2OS/c1-11-7-9-13(10-8-11)12-5-3-2-4-6-12;1-2/h2-3,5-10H,1H3;1-2H. The van der Waals surface area contributed by atoms with Crippen LogP contribution in [0.15, 0.2) is 48.5 Å². The van der Waals surface area contributed by atoms with Gasteiger partial charge in [-0.2, -0.15) is 0 Å². The van der Waals surface area contributed by atoms with Crippen LogP contribution < -0.4 is 0 Å². The van der Waals surface area contributed by atoms with Crippen LogP contribution in [-0.4, -0.2) is 4.55 Å². The summed E-state index contributed by atoms with van der Waals surface area (Å²) in [6.07, 6.45) is 0. The monoisotopic (exact) mass is 217 g/mol. The molecule has 0 atom stereocenters. The Morgan fingerprint density at radius 3 is 2.20 bits per heavy atom. The zero-order valence-corrected chi connectivity index (χ0v) is 9.41. The molecule has 0 spiro atoms. The lowest BCUT2D eigenvalue weighted by atomic mass is 10.0. The van der Waals surface area contributed by atoms with Gasteiger partial charge in [-0.25, -0.2) is 0 Å². The smallest absolute Gasteiger partial charge is 0.0178 e. The van der Waals surface area contributed by atoms with E-state index < -0.39 is 0 Å². The van der Waals surface area contributed by atoms with Crippen LogP contribution in [0.5, 0.6) is 0 Å². The van der Waals surface area contributed by atoms with Crippen molar-refractivity contribution in [2.24, 2.45) is 0 Å². The van der Waals surface area contributed by atoms with Crippen LogP contribution in [0.2, 0.25) is 0 Å². The fraction of sp³-hybridized carbons (Fsp3) is 0.0769. The minimum atomic E-state index is 1.22. The zero-order chi connectivity index (χ0) is 11.1. The SMILES string of the molecule is Cc1ccc(-c2c[c]ccc2)cc1.OS. The molecular formula is C13H13OS. The summed E-state index contributed by atoms with van der Waals surface area (Å²) < 4.78 is 6.69. The summed E-state index contributed by atoms with van der Waals surface area (Å²) in [5.41, 5.74) is 3.77. The Morgan fingerprint density at radius 2 is 1.67 bits per heavy atom. The van der Waals surface area contributed by atoms with Crippen molar-refractivity contribution in [1.82, 2.24) is 0 Å². The van der Waals surface area contributed by atoms with Gasteiger partial charge in [-0.15, -0.1) is 0 Å². The molecule has 77 valence electrons. The highest BCUT2D eigenvalue weighted by molar-refractivity contribution is 7.74. The van der Waals surface area contributed by atoms with E-state index in [1.807, 2.05) is 18.2 Å². The molecule has 0 unspecified atom stereocenters. The molecule has 0 aliphatic heterocycles. The molecule has 1 N–H and O–H groups in total. The lowest BCUT2D eigenvalue weighted by Gasteiger charge is -2.00. The topological polar surface area (TPSA) is 20.2 Å². The molecule has 0 bridgehead atoms. The first-order valence-electron chi connectivity index (χ1n) is 4.59. The van der Waals surface area contributed by atoms with Gasteiger partial charge in [-0.05, 0) is 43.1 Å². The van der Waals surface area contributed by atoms with Gasteiger partial charge in [0.2, 0.25) is 0 Å². The second kappa shape index (κ2) is 6.27. The number of hydrogen-bond acceptors (Lipinski definition) is 2. The lowest BCUT2D eigenvalue weighted by molar-refractivity contribution is 0.679. The van der Waals surface area contributed by atoms with Crippen molar-refractivity contribution in [1.29, 1.82) is 0 Å². The molecule has 2 aromatic carbocycles. The van der Waals surface area contributed by atoms with Gasteiger partial charge in [0.05, 0.1) is 0 Å². The highest BCUT2D eigenvalue weighted by Gasteiger charge is 1.94. The molecule has 0 heterocycles. The van der Waals surface area contributed by atoms with E-state index in [1.54, 1.807) is 0 Å². The van der Waals surface area contributed by atoms with Crippen molar-refractivity contribution < 1.29 is 4.55 Å². The summed E-state index contributed by atoms with van der Waals surface area (Å²) in [6, 6.07) is 19.6. The van der Waals surface area contributed by atoms with Crippen molar-refractivity contribution in [2.45, 2.75) is 6.92 Å². The van der Waals surface area contributed by atoms with E-state index in [9.17, 15) is 0 Å². The van der Waals surface area contributed by atoms with Gasteiger partial charge in [0.15, 0.2) is 0 Å². The van der Waals surface area contributed by atoms with E-state index in [-0.39, 0.29) is 0 Å². The normalized spacial score (nSPS) is 9.00. The maximum absolute atomic E-state index is 6.69. The van der Waals surface area contributed by atoms with Crippen LogP contribution in [0.1, 0.15) is 5.56 Å². The van der Waals surface area contributed by atoms with Gasteiger partial charge in [-0.1, -0.05) is 48.0 Å². The average molecular weight is 217 g/mol. The molecule has 0 saturated heterocycles. The van der Waals surface area contributed by atoms with Crippen LogP contribution in [0.3, 0.4) is 0 Å². The van der Waals surface area contributed by atoms with Gasteiger partial charge >= 0.3 is 0 Å². The van der Waals surface area contributed by atoms with Crippen LogP contribution in [0.4, 0.5) is 0 Å². The van der Waals surface area contributed by atoms with Gasteiger partial charge in [0.25, 0.3) is 0 Å². The summed E-state index contributed by atoms with van der Waals surface area (Å²) >= 11 is 2.53. The average Bonchev–Trinajstić information content (AvgIpc) is 2.34. The number of thiol groups is 1. The van der Waals surface area contributed by atoms with Crippen molar-refractivity contribution in [3.05, 3.63) is 60.2 Å². The number of hydrogen-bond donors (Lipinski definition) is 2. The molecule has 2 aromatic rings. The number of rotatable bonds is 1. The van der Waals surface area contributed by atoms with Gasteiger partial charge in [0, 0.05) is 0 Å². The predicted molar refractivity (Wildman–Crippen MR) is 67.1 cm³/mol. The van der Waals surface area contributed by atoms with Crippen LogP contribution >= 0.6 is 12.9 Å². The second-order valence-corrected chi connectivity index (χ2v) is 3.16. The summed E-state index contributed by atoms with van der Waals surface area (Å²) in [7, 11) is 0. The Hall–Kier alpha value is -1.25. The van der Waals surface area contributed by atoms with Gasteiger partial charge in [0.1, 0.15) is 0 Å². The molecule has 2 heteroatoms. The van der Waals surface area contributed by atoms with Gasteiger partial charge < -0.3 is 4.55 Å². The van der Waals surface area contributed by atoms with Crippen LogP contribution in [-0.2, 0) is 0 Å². The third kappa shape index (κ3) is 3.42. The quantitative estimate of drug-likeness (QED) is 0.549. The van der Waals surface area contributed by atoms with E-state index >= 15 is 0 Å². The highest BCUT2D eigenvalue weighted by Crippen LogP contribution is 2.18. The van der Waals surface area contributed by atoms with Gasteiger partial charge in [-0.3, -0.25) is 0 Å². The molecule has 0 aromatic heterocycles. The van der Waals surface area contributed by atoms with Crippen LogP contribution in [0, 0.1) is 13.0 Å². The number of aryl methyl sites for hydroxylation is 1. The molecule has 1 radical (unpaired) electrons. The maximum atomic E-state index is 6.69. The molecule has 15 heavy (non-hydrogen) atoms. The summed E-state index contributed by atoms with van der Waals surface area (Å²) in [5, 5.41) is 0.